The Morgan fingerprint density at radius 3 is 1.37 bits per heavy atom. The van der Waals surface area contributed by atoms with Gasteiger partial charge in [0.05, 0.1) is 15.9 Å². The Labute approximate surface area is 656 Å². The van der Waals surface area contributed by atoms with Crippen LogP contribution in [0, 0.1) is 0 Å². The summed E-state index contributed by atoms with van der Waals surface area (Å²) in [6.45, 7) is 0. The number of hydrogen-bond donors (Lipinski definition) is 0. The second-order valence-corrected chi connectivity index (χ2v) is 31.2. The van der Waals surface area contributed by atoms with E-state index >= 15 is 0 Å². The lowest BCUT2D eigenvalue weighted by molar-refractivity contribution is 0.667. The average Bonchev–Trinajstić information content (AvgIpc) is 1.57. The van der Waals surface area contributed by atoms with E-state index in [1.165, 1.54) is 0 Å². The molecule has 0 N–H and O–H groups in total. The Morgan fingerprint density at radius 2 is 0.646 bits per heavy atom. The van der Waals surface area contributed by atoms with Crippen LogP contribution in [0.1, 0.15) is 0 Å². The number of thiophene rings is 3. The van der Waals surface area contributed by atoms with E-state index in [0.29, 0.717) is 52.2 Å². The van der Waals surface area contributed by atoms with Gasteiger partial charge < -0.3 is 8.83 Å². The maximum Gasteiger partial charge on any atom is 0.180 e. The molecule has 14 aromatic carbocycles. The highest BCUT2D eigenvalue weighted by Crippen LogP contribution is 2.49. The molecule has 0 atom stereocenters. The molecule has 12 nitrogen and oxygen atoms in total. The van der Waals surface area contributed by atoms with Crippen LogP contribution in [0.5, 0.6) is 0 Å². The number of furan rings is 2. The summed E-state index contributed by atoms with van der Waals surface area (Å²) in [4.78, 5) is 52.9. The van der Waals surface area contributed by atoms with Crippen LogP contribution < -0.4 is 0 Å². The fraction of sp³-hybridized carbons (Fsp3) is 0. The molecule has 23 rings (SSSR count). The maximum absolute atomic E-state index is 7.00. The van der Waals surface area contributed by atoms with E-state index < -0.39 is 0 Å². The van der Waals surface area contributed by atoms with Crippen molar-refractivity contribution in [2.24, 2.45) is 0 Å². The highest BCUT2D eigenvalue weighted by molar-refractivity contribution is 7.27. The van der Waals surface area contributed by atoms with E-state index in [1.54, 1.807) is 34.0 Å². The molecule has 526 valence electrons. The first-order chi connectivity index (χ1) is 55.9. The Hall–Kier alpha value is -14.5. The second-order valence-electron chi connectivity index (χ2n) is 28.0. The normalized spacial score (nSPS) is 11.9. The van der Waals surface area contributed by atoms with Crippen molar-refractivity contribution in [2.75, 3.05) is 0 Å². The molecule has 9 heterocycles. The Morgan fingerprint density at radius 1 is 0.195 bits per heavy atom. The molecule has 0 unspecified atom stereocenters. The van der Waals surface area contributed by atoms with Crippen molar-refractivity contribution in [3.63, 3.8) is 0 Å². The number of rotatable bonds is 12. The molecule has 0 aliphatic carbocycles. The van der Waals surface area contributed by atoms with Gasteiger partial charge in [0.2, 0.25) is 0 Å². The monoisotopic (exact) mass is 1500 g/mol. The zero-order valence-electron chi connectivity index (χ0n) is 59.7. The minimum atomic E-state index is 0.562. The van der Waals surface area contributed by atoms with E-state index in [1.807, 2.05) is 115 Å². The third-order valence-electron chi connectivity index (χ3n) is 21.3. The molecule has 0 aliphatic rings. The van der Waals surface area contributed by atoms with Crippen molar-refractivity contribution in [3.05, 3.63) is 328 Å². The number of para-hydroxylation sites is 2. The van der Waals surface area contributed by atoms with Crippen LogP contribution in [0.2, 0.25) is 0 Å². The fourth-order valence-corrected chi connectivity index (χ4v) is 19.4. The molecule has 0 amide bonds. The summed E-state index contributed by atoms with van der Waals surface area (Å²) in [7, 11) is 0. The minimum Gasteiger partial charge on any atom is -0.455 e. The van der Waals surface area contributed by atoms with Crippen molar-refractivity contribution in [1.29, 1.82) is 0 Å². The Balaban J connectivity index is 0.611. The van der Waals surface area contributed by atoms with E-state index in [0.717, 1.165) is 188 Å². The number of aromatic nitrogens is 10. The van der Waals surface area contributed by atoms with E-state index in [-0.39, 0.29) is 0 Å². The molecule has 23 aromatic rings. The first kappa shape index (κ1) is 64.5. The zero-order valence-corrected chi connectivity index (χ0v) is 62.1. The SMILES string of the molecule is c1ccc(-c2nc(-c3ccccc3)nc(-c3cccc(-c4cccc5c4oc4cc(-c6nc(-c7ccc(-c8ccc(-c9nc(-c%10ccccc%10)nc(-c%10ccc%11sc%12cccc(-c%13nc(-c%14ccccc%14)c%14oc%15ccccc%15c%14n%13)c%12c%11c%10)n9)c9c8sc8ccccc89)cc7)c7sc8ccccc8c7n6)ccc45)c3)n2)cc1. The van der Waals surface area contributed by atoms with Gasteiger partial charge in [-0.3, -0.25) is 0 Å². The van der Waals surface area contributed by atoms with Crippen LogP contribution in [-0.2, 0) is 0 Å². The lowest BCUT2D eigenvalue weighted by Crippen LogP contribution is -2.00. The molecule has 9 aromatic heterocycles. The predicted octanol–water partition coefficient (Wildman–Crippen LogP) is 26.5. The predicted molar refractivity (Wildman–Crippen MR) is 463 cm³/mol. The standard InChI is InChI=1S/C98H54N10O2S3/c1-5-22-56(23-6-1)83-88-85(69-32-13-16-38-75(69)109-88)101-97(99-83)72-37-21-41-80-81(72)74-53-63(47-51-79(74)111-80)96-106-93(60-28-11-4-12-29-60)107-98(108-96)73-50-49-66(89-82(73)70-33-14-17-39-77(70)112-89)55-42-44-57(45-43-55)84-90-86(71-34-15-18-40-78(71)113-90)102-94(100-84)64-46-48-67-68-36-20-35-65(87(68)110-76(67)54-64)61-30-19-31-62(52-61)95-104-91(58-24-7-2-8-25-58)103-92(105-95)59-26-9-3-10-27-59/h1-54H. The fourth-order valence-electron chi connectivity index (χ4n) is 15.9. The van der Waals surface area contributed by atoms with Crippen LogP contribution in [0.15, 0.2) is 336 Å². The highest BCUT2D eigenvalue weighted by atomic mass is 32.1. The van der Waals surface area contributed by atoms with Crippen molar-refractivity contribution >= 4 is 139 Å². The van der Waals surface area contributed by atoms with Crippen molar-refractivity contribution in [3.8, 4) is 136 Å². The number of fused-ring (bicyclic) bond motifs is 15. The van der Waals surface area contributed by atoms with E-state index in [9.17, 15) is 0 Å². The summed E-state index contributed by atoms with van der Waals surface area (Å²) >= 11 is 5.25. The Kier molecular flexibility index (Phi) is 14.9. The highest BCUT2D eigenvalue weighted by Gasteiger charge is 2.26. The van der Waals surface area contributed by atoms with Crippen molar-refractivity contribution < 1.29 is 8.83 Å². The molecule has 0 saturated heterocycles. The molecule has 0 bridgehead atoms. The van der Waals surface area contributed by atoms with Gasteiger partial charge in [0.15, 0.2) is 52.2 Å². The lowest BCUT2D eigenvalue weighted by atomic mass is 9.97. The van der Waals surface area contributed by atoms with Crippen LogP contribution in [-0.4, -0.2) is 49.8 Å². The van der Waals surface area contributed by atoms with Gasteiger partial charge >= 0.3 is 0 Å². The molecule has 0 radical (unpaired) electrons. The Bertz CT molecular complexity index is 7760. The van der Waals surface area contributed by atoms with Crippen LogP contribution in [0.4, 0.5) is 0 Å². The summed E-state index contributed by atoms with van der Waals surface area (Å²) in [5.74, 6) is 4.73. The van der Waals surface area contributed by atoms with Gasteiger partial charge in [-0.1, -0.05) is 255 Å². The first-order valence-corrected chi connectivity index (χ1v) is 39.6. The van der Waals surface area contributed by atoms with Gasteiger partial charge in [0.25, 0.3) is 0 Å². The quantitative estimate of drug-likeness (QED) is 0.114. The smallest absolute Gasteiger partial charge is 0.180 e. The molecular formula is C98H54N10O2S3. The zero-order chi connectivity index (χ0) is 74.2. The third-order valence-corrected chi connectivity index (χ3v) is 24.8. The van der Waals surface area contributed by atoms with Crippen LogP contribution in [0.25, 0.3) is 241 Å². The van der Waals surface area contributed by atoms with Gasteiger partial charge in [0, 0.05) is 128 Å². The van der Waals surface area contributed by atoms with Crippen LogP contribution in [0.3, 0.4) is 0 Å². The summed E-state index contributed by atoms with van der Waals surface area (Å²) in [6.07, 6.45) is 0. The third kappa shape index (κ3) is 10.9. The minimum absolute atomic E-state index is 0.562. The summed E-state index contributed by atoms with van der Waals surface area (Å²) in [5.41, 5.74) is 19.4. The molecule has 0 aliphatic heterocycles. The average molecular weight is 1500 g/mol. The number of hydrogen-bond acceptors (Lipinski definition) is 15. The van der Waals surface area contributed by atoms with Gasteiger partial charge in [-0.05, 0) is 89.5 Å². The lowest BCUT2D eigenvalue weighted by Gasteiger charge is -2.12. The summed E-state index contributed by atoms with van der Waals surface area (Å²) in [6, 6.07) is 113. The van der Waals surface area contributed by atoms with Crippen LogP contribution >= 0.6 is 34.0 Å². The van der Waals surface area contributed by atoms with Gasteiger partial charge in [-0.15, -0.1) is 34.0 Å². The maximum atomic E-state index is 7.00. The van der Waals surface area contributed by atoms with Gasteiger partial charge in [-0.25, -0.2) is 49.8 Å². The molecular weight excluding hydrogens is 1450 g/mol. The molecule has 0 saturated carbocycles. The molecule has 0 spiro atoms. The van der Waals surface area contributed by atoms with Gasteiger partial charge in [0.1, 0.15) is 28.0 Å². The first-order valence-electron chi connectivity index (χ1n) is 37.2. The molecule has 113 heavy (non-hydrogen) atoms. The molecule has 15 heteroatoms. The summed E-state index contributed by atoms with van der Waals surface area (Å²) in [5, 5.41) is 8.35. The van der Waals surface area contributed by atoms with Gasteiger partial charge in [-0.2, -0.15) is 0 Å². The molecule has 0 fully saturated rings. The second kappa shape index (κ2) is 26.1. The largest absolute Gasteiger partial charge is 0.455 e. The topological polar surface area (TPSA) is 155 Å². The van der Waals surface area contributed by atoms with E-state index in [4.69, 9.17) is 58.7 Å². The van der Waals surface area contributed by atoms with E-state index in [2.05, 4.69) is 212 Å². The van der Waals surface area contributed by atoms with Crippen molar-refractivity contribution in [1.82, 2.24) is 49.8 Å². The van der Waals surface area contributed by atoms with Crippen molar-refractivity contribution in [2.45, 2.75) is 0 Å². The number of nitrogens with zero attached hydrogens (tertiary/aromatic N) is 10. The summed E-state index contributed by atoms with van der Waals surface area (Å²) < 4.78 is 20.2. The number of benzene rings is 14.